The number of ether oxygens (including phenoxy) is 2. The number of para-hydroxylation sites is 1. The molecule has 2 N–H and O–H groups in total. The predicted octanol–water partition coefficient (Wildman–Crippen LogP) is 2.42. The average molecular weight is 465 g/mol. The Kier molecular flexibility index (Phi) is 7.12. The van der Waals surface area contributed by atoms with E-state index in [9.17, 15) is 14.4 Å². The number of rotatable bonds is 9. The van der Waals surface area contributed by atoms with Crippen LogP contribution in [-0.2, 0) is 14.3 Å². The molecule has 4 rings (SSSR count). The third-order valence-electron chi connectivity index (χ3n) is 5.75. The molecule has 0 saturated heterocycles. The van der Waals surface area contributed by atoms with Crippen LogP contribution in [0.1, 0.15) is 18.5 Å². The van der Waals surface area contributed by atoms with Crippen LogP contribution >= 0.6 is 0 Å². The summed E-state index contributed by atoms with van der Waals surface area (Å²) in [6.07, 6.45) is 0. The van der Waals surface area contributed by atoms with E-state index in [1.165, 1.54) is 4.90 Å². The lowest BCUT2D eigenvalue weighted by Crippen LogP contribution is -2.47. The van der Waals surface area contributed by atoms with E-state index >= 15 is 0 Å². The van der Waals surface area contributed by atoms with E-state index in [2.05, 4.69) is 10.6 Å². The van der Waals surface area contributed by atoms with Gasteiger partial charge in [0.2, 0.25) is 5.91 Å². The molecule has 2 aliphatic rings. The number of carbonyl (C=O) groups is 3. The number of likely N-dealkylation sites (N-methyl/N-ethyl adjacent to an activating group) is 1. The van der Waals surface area contributed by atoms with Gasteiger partial charge >= 0.3 is 6.03 Å². The van der Waals surface area contributed by atoms with Crippen molar-refractivity contribution in [1.29, 1.82) is 0 Å². The molecule has 9 heteroatoms. The molecule has 0 saturated carbocycles. The van der Waals surface area contributed by atoms with Crippen molar-refractivity contribution in [3.63, 3.8) is 0 Å². The second-order valence-electron chi connectivity index (χ2n) is 7.98. The van der Waals surface area contributed by atoms with Crippen molar-refractivity contribution >= 4 is 17.8 Å². The summed E-state index contributed by atoms with van der Waals surface area (Å²) < 4.78 is 10.9. The zero-order chi connectivity index (χ0) is 24.1. The van der Waals surface area contributed by atoms with E-state index in [4.69, 9.17) is 9.47 Å². The first kappa shape index (κ1) is 23.3. The Morgan fingerprint density at radius 3 is 2.62 bits per heavy atom. The van der Waals surface area contributed by atoms with Crippen LogP contribution in [0.4, 0.5) is 4.79 Å². The standard InChI is InChI=1S/C25H28N4O5/c1-3-29-20-15-28(16-21(30)26-12-13-33-2)24(31)22(20)23(27-25(29)32)17-8-7-11-19(14-17)34-18-9-5-4-6-10-18/h4-11,14,23H,3,12-13,15-16H2,1-2H3,(H,26,30)(H,27,32)/t23-/m0/s1. The van der Waals surface area contributed by atoms with Gasteiger partial charge in [0.1, 0.15) is 18.0 Å². The Hall–Kier alpha value is -3.85. The molecule has 0 bridgehead atoms. The maximum Gasteiger partial charge on any atom is 0.322 e. The summed E-state index contributed by atoms with van der Waals surface area (Å²) in [5.74, 6) is 0.738. The summed E-state index contributed by atoms with van der Waals surface area (Å²) in [6, 6.07) is 15.8. The highest BCUT2D eigenvalue weighted by molar-refractivity contribution is 6.03. The maximum absolute atomic E-state index is 13.4. The maximum atomic E-state index is 13.4. The molecule has 178 valence electrons. The summed E-state index contributed by atoms with van der Waals surface area (Å²) in [5.41, 5.74) is 1.83. The minimum atomic E-state index is -0.640. The summed E-state index contributed by atoms with van der Waals surface area (Å²) in [5, 5.41) is 5.68. The average Bonchev–Trinajstić information content (AvgIpc) is 3.15. The van der Waals surface area contributed by atoms with Crippen molar-refractivity contribution in [3.05, 3.63) is 71.4 Å². The van der Waals surface area contributed by atoms with Gasteiger partial charge in [-0.3, -0.25) is 14.5 Å². The van der Waals surface area contributed by atoms with Gasteiger partial charge in [0, 0.05) is 20.2 Å². The van der Waals surface area contributed by atoms with Gasteiger partial charge in [-0.2, -0.15) is 0 Å². The smallest absolute Gasteiger partial charge is 0.322 e. The first-order valence-corrected chi connectivity index (χ1v) is 11.2. The number of amides is 4. The Bertz CT molecular complexity index is 1100. The third kappa shape index (κ3) is 4.89. The molecule has 34 heavy (non-hydrogen) atoms. The number of carbonyl (C=O) groups excluding carboxylic acids is 3. The quantitative estimate of drug-likeness (QED) is 0.555. The number of hydrogen-bond donors (Lipinski definition) is 2. The molecule has 9 nitrogen and oxygen atoms in total. The summed E-state index contributed by atoms with van der Waals surface area (Å²) in [7, 11) is 1.55. The molecule has 2 aromatic rings. The van der Waals surface area contributed by atoms with Crippen molar-refractivity contribution in [2.45, 2.75) is 13.0 Å². The summed E-state index contributed by atoms with van der Waals surface area (Å²) >= 11 is 0. The molecule has 4 amide bonds. The first-order chi connectivity index (χ1) is 16.5. The van der Waals surface area contributed by atoms with Crippen molar-refractivity contribution < 1.29 is 23.9 Å². The normalized spacial score (nSPS) is 17.5. The number of hydrogen-bond acceptors (Lipinski definition) is 5. The predicted molar refractivity (Wildman–Crippen MR) is 125 cm³/mol. The van der Waals surface area contributed by atoms with Crippen molar-refractivity contribution in [1.82, 2.24) is 20.4 Å². The number of methoxy groups -OCH3 is 1. The summed E-state index contributed by atoms with van der Waals surface area (Å²) in [4.78, 5) is 41.6. The van der Waals surface area contributed by atoms with E-state index < -0.39 is 6.04 Å². The fraction of sp³-hybridized carbons (Fsp3) is 0.320. The highest BCUT2D eigenvalue weighted by atomic mass is 16.5. The Morgan fingerprint density at radius 2 is 1.88 bits per heavy atom. The van der Waals surface area contributed by atoms with Gasteiger partial charge in [-0.15, -0.1) is 0 Å². The second-order valence-corrected chi connectivity index (χ2v) is 7.98. The van der Waals surface area contributed by atoms with Gasteiger partial charge in [0.15, 0.2) is 0 Å². The van der Waals surface area contributed by atoms with Gasteiger partial charge in [0.25, 0.3) is 5.91 Å². The molecule has 0 unspecified atom stereocenters. The van der Waals surface area contributed by atoms with Crippen LogP contribution < -0.4 is 15.4 Å². The zero-order valence-electron chi connectivity index (χ0n) is 19.2. The van der Waals surface area contributed by atoms with Crippen molar-refractivity contribution in [3.8, 4) is 11.5 Å². The minimum absolute atomic E-state index is 0.0921. The molecule has 2 aromatic carbocycles. The lowest BCUT2D eigenvalue weighted by atomic mass is 9.95. The third-order valence-corrected chi connectivity index (χ3v) is 5.75. The fourth-order valence-electron chi connectivity index (χ4n) is 4.16. The van der Waals surface area contributed by atoms with Crippen LogP contribution in [0.15, 0.2) is 65.9 Å². The highest BCUT2D eigenvalue weighted by Crippen LogP contribution is 2.37. The Labute approximate surface area is 198 Å². The molecular formula is C25H28N4O5. The zero-order valence-corrected chi connectivity index (χ0v) is 19.2. The number of nitrogens with zero attached hydrogens (tertiary/aromatic N) is 2. The first-order valence-electron chi connectivity index (χ1n) is 11.2. The van der Waals surface area contributed by atoms with Gasteiger partial charge < -0.3 is 25.0 Å². The van der Waals surface area contributed by atoms with Crippen LogP contribution in [-0.4, -0.2) is 67.5 Å². The SMILES string of the molecule is CCN1C(=O)N[C@@H](c2cccc(Oc3ccccc3)c2)C2=C1CN(CC(=O)NCCOC)C2=O. The molecule has 0 fully saturated rings. The van der Waals surface area contributed by atoms with Gasteiger partial charge in [0.05, 0.1) is 30.5 Å². The van der Waals surface area contributed by atoms with Crippen LogP contribution in [0.2, 0.25) is 0 Å². The molecule has 0 radical (unpaired) electrons. The van der Waals surface area contributed by atoms with Crippen LogP contribution in [0.5, 0.6) is 11.5 Å². The molecule has 2 heterocycles. The molecule has 0 aliphatic carbocycles. The van der Waals surface area contributed by atoms with E-state index in [1.807, 2.05) is 61.5 Å². The largest absolute Gasteiger partial charge is 0.457 e. The number of urea groups is 1. The van der Waals surface area contributed by atoms with Gasteiger partial charge in [-0.25, -0.2) is 4.79 Å². The topological polar surface area (TPSA) is 100 Å². The van der Waals surface area contributed by atoms with Crippen LogP contribution in [0.25, 0.3) is 0 Å². The van der Waals surface area contributed by atoms with Gasteiger partial charge in [-0.05, 0) is 36.8 Å². The van der Waals surface area contributed by atoms with Crippen LogP contribution in [0.3, 0.4) is 0 Å². The minimum Gasteiger partial charge on any atom is -0.457 e. The Morgan fingerprint density at radius 1 is 1.12 bits per heavy atom. The molecule has 1 atom stereocenters. The summed E-state index contributed by atoms with van der Waals surface area (Å²) in [6.45, 7) is 3.12. The van der Waals surface area contributed by atoms with E-state index in [1.54, 1.807) is 12.0 Å². The van der Waals surface area contributed by atoms with E-state index in [0.29, 0.717) is 42.5 Å². The lowest BCUT2D eigenvalue weighted by Gasteiger charge is -2.33. The monoisotopic (exact) mass is 464 g/mol. The molecular weight excluding hydrogens is 436 g/mol. The molecule has 0 aromatic heterocycles. The molecule has 0 spiro atoms. The molecule has 2 aliphatic heterocycles. The highest BCUT2D eigenvalue weighted by Gasteiger charge is 2.44. The number of nitrogens with one attached hydrogen (secondary N) is 2. The van der Waals surface area contributed by atoms with E-state index in [0.717, 1.165) is 5.56 Å². The van der Waals surface area contributed by atoms with Crippen LogP contribution in [0, 0.1) is 0 Å². The second kappa shape index (κ2) is 10.4. The Balaban J connectivity index is 1.58. The fourth-order valence-corrected chi connectivity index (χ4v) is 4.16. The lowest BCUT2D eigenvalue weighted by molar-refractivity contribution is -0.132. The van der Waals surface area contributed by atoms with Gasteiger partial charge in [-0.1, -0.05) is 30.3 Å². The van der Waals surface area contributed by atoms with E-state index in [-0.39, 0.29) is 30.9 Å². The number of benzene rings is 2. The van der Waals surface area contributed by atoms with Crippen molar-refractivity contribution in [2.75, 3.05) is 39.9 Å². The van der Waals surface area contributed by atoms with Crippen molar-refractivity contribution in [2.24, 2.45) is 0 Å².